The maximum atomic E-state index is 12.6. The van der Waals surface area contributed by atoms with Crippen LogP contribution in [0.5, 0.6) is 0 Å². The first-order valence-corrected chi connectivity index (χ1v) is 9.96. The van der Waals surface area contributed by atoms with E-state index in [0.717, 1.165) is 17.5 Å². The first kappa shape index (κ1) is 22.8. The molecule has 0 radical (unpaired) electrons. The zero-order valence-electron chi connectivity index (χ0n) is 15.9. The van der Waals surface area contributed by atoms with Crippen molar-refractivity contribution in [3.05, 3.63) is 76.3 Å². The van der Waals surface area contributed by atoms with Gasteiger partial charge in [-0.05, 0) is 36.2 Å². The average molecular weight is 433 g/mol. The van der Waals surface area contributed by atoms with Gasteiger partial charge in [-0.3, -0.25) is 4.79 Å². The number of hydrogen-bond donors (Lipinski definition) is 4. The van der Waals surface area contributed by atoms with E-state index in [2.05, 4.69) is 10.3 Å². The fraction of sp³-hybridized carbons (Fsp3) is 0.238. The van der Waals surface area contributed by atoms with Gasteiger partial charge >= 0.3 is 0 Å². The summed E-state index contributed by atoms with van der Waals surface area (Å²) in [5.74, 6) is -0.0721. The van der Waals surface area contributed by atoms with Crippen molar-refractivity contribution in [2.75, 3.05) is 24.6 Å². The topological polar surface area (TPSA) is 114 Å². The van der Waals surface area contributed by atoms with Crippen molar-refractivity contribution in [1.82, 2.24) is 10.3 Å². The van der Waals surface area contributed by atoms with Crippen LogP contribution >= 0.6 is 23.7 Å². The van der Waals surface area contributed by atoms with E-state index in [1.807, 2.05) is 42.5 Å². The number of ketones is 1. The van der Waals surface area contributed by atoms with Gasteiger partial charge in [0.1, 0.15) is 0 Å². The highest BCUT2D eigenvalue weighted by Crippen LogP contribution is 2.19. The van der Waals surface area contributed by atoms with Crippen LogP contribution < -0.4 is 16.8 Å². The van der Waals surface area contributed by atoms with Gasteiger partial charge in [0.05, 0.1) is 18.2 Å². The molecule has 0 bridgehead atoms. The Kier molecular flexibility index (Phi) is 8.60. The second-order valence-electron chi connectivity index (χ2n) is 6.58. The highest BCUT2D eigenvalue weighted by atomic mass is 35.5. The highest BCUT2D eigenvalue weighted by molar-refractivity contribution is 7.13. The van der Waals surface area contributed by atoms with Crippen LogP contribution in [0.1, 0.15) is 33.3 Å². The molecule has 0 aliphatic heterocycles. The Morgan fingerprint density at radius 3 is 2.62 bits per heavy atom. The summed E-state index contributed by atoms with van der Waals surface area (Å²) >= 11 is 1.32. The Bertz CT molecular complexity index is 933. The SMILES string of the molecule is Cl.Nc1nc(CC(=O)c2cc(CCNC[C@@H](O)c3ccccc3)ccc2N)cs1. The number of thiazole rings is 1. The molecule has 3 rings (SSSR count). The summed E-state index contributed by atoms with van der Waals surface area (Å²) in [7, 11) is 0. The number of carbonyl (C=O) groups is 1. The minimum atomic E-state index is -0.546. The lowest BCUT2D eigenvalue weighted by molar-refractivity contribution is 0.0993. The number of anilines is 2. The Labute approximate surface area is 180 Å². The molecular formula is C21H25ClN4O2S. The largest absolute Gasteiger partial charge is 0.398 e. The lowest BCUT2D eigenvalue weighted by Gasteiger charge is -2.12. The Morgan fingerprint density at radius 1 is 1.17 bits per heavy atom. The van der Waals surface area contributed by atoms with Crippen LogP contribution in [0, 0.1) is 0 Å². The zero-order valence-corrected chi connectivity index (χ0v) is 17.5. The highest BCUT2D eigenvalue weighted by Gasteiger charge is 2.13. The molecule has 0 spiro atoms. The molecule has 8 heteroatoms. The Hall–Kier alpha value is -2.45. The standard InChI is InChI=1S/C21H24N4O2S.ClH/c22-18-7-6-14(8-9-24-12-20(27)15-4-2-1-3-5-15)10-17(18)19(26)11-16-13-28-21(23)25-16;/h1-7,10,13,20,24,27H,8-9,11-12,22H2,(H2,23,25);1H/t20-;/m1./s1. The van der Waals surface area contributed by atoms with Crippen molar-refractivity contribution in [2.45, 2.75) is 18.9 Å². The molecule has 0 saturated carbocycles. The number of rotatable bonds is 9. The van der Waals surface area contributed by atoms with E-state index in [0.29, 0.717) is 35.2 Å². The minimum Gasteiger partial charge on any atom is -0.398 e. The maximum Gasteiger partial charge on any atom is 0.180 e. The molecular weight excluding hydrogens is 408 g/mol. The van der Waals surface area contributed by atoms with Gasteiger partial charge in [0.15, 0.2) is 10.9 Å². The van der Waals surface area contributed by atoms with E-state index in [1.165, 1.54) is 11.3 Å². The number of Topliss-reactive ketones (excluding diaryl/α,β-unsaturated/α-hetero) is 1. The summed E-state index contributed by atoms with van der Waals surface area (Å²) in [6.07, 6.45) is 0.365. The number of aromatic nitrogens is 1. The fourth-order valence-corrected chi connectivity index (χ4v) is 3.49. The molecule has 0 unspecified atom stereocenters. The summed E-state index contributed by atoms with van der Waals surface area (Å²) in [6.45, 7) is 1.15. The van der Waals surface area contributed by atoms with Crippen LogP contribution in [0.2, 0.25) is 0 Å². The molecule has 1 aromatic heterocycles. The van der Waals surface area contributed by atoms with Crippen LogP contribution in [-0.4, -0.2) is 29.0 Å². The number of nitrogens with zero attached hydrogens (tertiary/aromatic N) is 1. The van der Waals surface area contributed by atoms with Gasteiger partial charge in [0.25, 0.3) is 0 Å². The van der Waals surface area contributed by atoms with E-state index < -0.39 is 6.10 Å². The summed E-state index contributed by atoms with van der Waals surface area (Å²) < 4.78 is 0. The molecule has 29 heavy (non-hydrogen) atoms. The van der Waals surface area contributed by atoms with E-state index in [9.17, 15) is 9.90 Å². The number of nitrogens with one attached hydrogen (secondary N) is 1. The van der Waals surface area contributed by atoms with E-state index in [4.69, 9.17) is 11.5 Å². The van der Waals surface area contributed by atoms with Crippen molar-refractivity contribution in [3.63, 3.8) is 0 Å². The number of aliphatic hydroxyl groups excluding tert-OH is 1. The van der Waals surface area contributed by atoms with Gasteiger partial charge in [0, 0.05) is 23.2 Å². The van der Waals surface area contributed by atoms with Crippen LogP contribution in [0.3, 0.4) is 0 Å². The molecule has 0 aliphatic carbocycles. The number of aliphatic hydroxyl groups is 1. The molecule has 3 aromatic rings. The number of hydrogen-bond acceptors (Lipinski definition) is 7. The van der Waals surface area contributed by atoms with Gasteiger partial charge < -0.3 is 21.9 Å². The smallest absolute Gasteiger partial charge is 0.180 e. The summed E-state index contributed by atoms with van der Waals surface area (Å²) in [5.41, 5.74) is 15.1. The van der Waals surface area contributed by atoms with Crippen molar-refractivity contribution < 1.29 is 9.90 Å². The summed E-state index contributed by atoms with van der Waals surface area (Å²) in [5, 5.41) is 15.7. The Morgan fingerprint density at radius 2 is 1.93 bits per heavy atom. The van der Waals surface area contributed by atoms with Crippen LogP contribution in [0.4, 0.5) is 10.8 Å². The van der Waals surface area contributed by atoms with Crippen LogP contribution in [0.25, 0.3) is 0 Å². The first-order valence-electron chi connectivity index (χ1n) is 9.08. The second kappa shape index (κ2) is 10.9. The van der Waals surface area contributed by atoms with E-state index >= 15 is 0 Å². The molecule has 0 aliphatic rings. The Balaban J connectivity index is 0.00000300. The first-order chi connectivity index (χ1) is 13.5. The molecule has 0 saturated heterocycles. The third-order valence-electron chi connectivity index (χ3n) is 4.44. The maximum absolute atomic E-state index is 12.6. The van der Waals surface area contributed by atoms with Crippen molar-refractivity contribution >= 4 is 40.3 Å². The molecule has 0 amide bonds. The van der Waals surface area contributed by atoms with Crippen molar-refractivity contribution in [3.8, 4) is 0 Å². The number of nitrogens with two attached hydrogens (primary N) is 2. The van der Waals surface area contributed by atoms with Gasteiger partial charge in [-0.25, -0.2) is 4.98 Å². The van der Waals surface area contributed by atoms with Crippen molar-refractivity contribution in [2.24, 2.45) is 0 Å². The molecule has 6 N–H and O–H groups in total. The monoisotopic (exact) mass is 432 g/mol. The normalized spacial score (nSPS) is 11.6. The quantitative estimate of drug-likeness (QED) is 0.235. The molecule has 1 atom stereocenters. The number of halogens is 1. The fourth-order valence-electron chi connectivity index (χ4n) is 2.93. The molecule has 6 nitrogen and oxygen atoms in total. The summed E-state index contributed by atoms with van der Waals surface area (Å²) in [4.78, 5) is 16.7. The van der Waals surface area contributed by atoms with Gasteiger partial charge in [-0.1, -0.05) is 36.4 Å². The zero-order chi connectivity index (χ0) is 19.9. The molecule has 2 aromatic carbocycles. The van der Waals surface area contributed by atoms with E-state index in [1.54, 1.807) is 11.4 Å². The van der Waals surface area contributed by atoms with E-state index in [-0.39, 0.29) is 24.6 Å². The van der Waals surface area contributed by atoms with Gasteiger partial charge in [0.2, 0.25) is 0 Å². The number of carbonyl (C=O) groups excluding carboxylic acids is 1. The van der Waals surface area contributed by atoms with Gasteiger partial charge in [-0.15, -0.1) is 23.7 Å². The van der Waals surface area contributed by atoms with Crippen molar-refractivity contribution in [1.29, 1.82) is 0 Å². The predicted octanol–water partition coefficient (Wildman–Crippen LogP) is 3.02. The lowest BCUT2D eigenvalue weighted by atomic mass is 10.0. The average Bonchev–Trinajstić information content (AvgIpc) is 3.11. The van der Waals surface area contributed by atoms with Gasteiger partial charge in [-0.2, -0.15) is 0 Å². The minimum absolute atomic E-state index is 0. The third-order valence-corrected chi connectivity index (χ3v) is 5.16. The third kappa shape index (κ3) is 6.54. The second-order valence-corrected chi connectivity index (χ2v) is 7.47. The molecule has 0 fully saturated rings. The van der Waals surface area contributed by atoms with Crippen LogP contribution in [-0.2, 0) is 12.8 Å². The lowest BCUT2D eigenvalue weighted by Crippen LogP contribution is -2.23. The summed E-state index contributed by atoms with van der Waals surface area (Å²) in [6, 6.07) is 15.1. The molecule has 154 valence electrons. The number of benzene rings is 2. The molecule has 1 heterocycles. The number of nitrogen functional groups attached to an aromatic ring is 2. The predicted molar refractivity (Wildman–Crippen MR) is 121 cm³/mol. The van der Waals surface area contributed by atoms with Crippen LogP contribution in [0.15, 0.2) is 53.9 Å².